The first-order chi connectivity index (χ1) is 12.6. The first-order valence-electron chi connectivity index (χ1n) is 10.8. The van der Waals surface area contributed by atoms with E-state index >= 15 is 0 Å². The van der Waals surface area contributed by atoms with Gasteiger partial charge in [0.1, 0.15) is 6.10 Å². The maximum Gasteiger partial charge on any atom is 0.249 e. The van der Waals surface area contributed by atoms with Gasteiger partial charge in [-0.25, -0.2) is 0 Å². The number of hydrogen-bond acceptors (Lipinski definition) is 3. The van der Waals surface area contributed by atoms with E-state index in [1.165, 1.54) is 19.3 Å². The molecule has 6 rings (SSSR count). The van der Waals surface area contributed by atoms with E-state index in [1.54, 1.807) is 0 Å². The van der Waals surface area contributed by atoms with Crippen molar-refractivity contribution in [1.82, 2.24) is 10.2 Å². The molecule has 4 saturated carbocycles. The molecule has 4 bridgehead atoms. The molecule has 4 aliphatic carbocycles. The van der Waals surface area contributed by atoms with Crippen molar-refractivity contribution < 1.29 is 14.3 Å². The van der Waals surface area contributed by atoms with Gasteiger partial charge >= 0.3 is 0 Å². The Balaban J connectivity index is 1.17. The summed E-state index contributed by atoms with van der Waals surface area (Å²) in [5, 5.41) is 3.15. The van der Waals surface area contributed by atoms with Gasteiger partial charge in [0.15, 0.2) is 0 Å². The molecule has 6 fully saturated rings. The van der Waals surface area contributed by atoms with E-state index in [9.17, 15) is 9.59 Å². The number of nitrogens with one attached hydrogen (secondary N) is 1. The van der Waals surface area contributed by atoms with Gasteiger partial charge in [0.05, 0.1) is 5.41 Å². The van der Waals surface area contributed by atoms with Gasteiger partial charge in [0.2, 0.25) is 11.8 Å². The van der Waals surface area contributed by atoms with E-state index < -0.39 is 0 Å². The molecule has 2 aliphatic heterocycles. The number of piperidine rings is 1. The number of hydrogen-bond donors (Lipinski definition) is 1. The summed E-state index contributed by atoms with van der Waals surface area (Å²) in [5.74, 6) is 2.93. The summed E-state index contributed by atoms with van der Waals surface area (Å²) in [6.45, 7) is 2.31. The highest BCUT2D eigenvalue weighted by Crippen LogP contribution is 2.60. The third-order valence-corrected chi connectivity index (χ3v) is 7.84. The minimum atomic E-state index is -0.248. The predicted molar refractivity (Wildman–Crippen MR) is 97.3 cm³/mol. The second-order valence-corrected chi connectivity index (χ2v) is 9.77. The lowest BCUT2D eigenvalue weighted by Gasteiger charge is -2.57. The molecule has 1 atom stereocenters. The third-order valence-electron chi connectivity index (χ3n) is 7.84. The Hall–Kier alpha value is -1.10. The molecule has 0 aromatic carbocycles. The molecule has 144 valence electrons. The highest BCUT2D eigenvalue weighted by Gasteiger charge is 2.55. The number of nitrogens with zero attached hydrogens (tertiary/aromatic N) is 1. The van der Waals surface area contributed by atoms with Gasteiger partial charge in [-0.05, 0) is 82.0 Å². The number of ether oxygens (including phenoxy) is 1. The summed E-state index contributed by atoms with van der Waals surface area (Å²) in [7, 11) is 0. The minimum Gasteiger partial charge on any atom is -0.368 e. The van der Waals surface area contributed by atoms with Crippen molar-refractivity contribution in [3.63, 3.8) is 0 Å². The van der Waals surface area contributed by atoms with Gasteiger partial charge in [-0.15, -0.1) is 0 Å². The summed E-state index contributed by atoms with van der Waals surface area (Å²) in [6.07, 6.45) is 10.9. The van der Waals surface area contributed by atoms with Gasteiger partial charge < -0.3 is 15.0 Å². The van der Waals surface area contributed by atoms with Crippen LogP contribution in [0.4, 0.5) is 0 Å². The van der Waals surface area contributed by atoms with E-state index in [4.69, 9.17) is 4.74 Å². The molecule has 0 radical (unpaired) electrons. The lowest BCUT2D eigenvalue weighted by molar-refractivity contribution is -0.158. The van der Waals surface area contributed by atoms with Crippen LogP contribution in [0, 0.1) is 23.2 Å². The Morgan fingerprint density at radius 1 is 0.923 bits per heavy atom. The lowest BCUT2D eigenvalue weighted by Crippen LogP contribution is -2.57. The molecule has 2 heterocycles. The fraction of sp³-hybridized carbons (Fsp3) is 0.905. The van der Waals surface area contributed by atoms with Crippen LogP contribution in [0.1, 0.15) is 64.2 Å². The van der Waals surface area contributed by atoms with Gasteiger partial charge in [-0.3, -0.25) is 9.59 Å². The number of likely N-dealkylation sites (tertiary alicyclic amines) is 1. The normalized spacial score (nSPS) is 42.2. The second kappa shape index (κ2) is 6.50. The Labute approximate surface area is 156 Å². The molecule has 5 heteroatoms. The average Bonchev–Trinajstić information content (AvgIpc) is 3.15. The van der Waals surface area contributed by atoms with E-state index in [0.717, 1.165) is 75.8 Å². The molecule has 5 nitrogen and oxygen atoms in total. The lowest BCUT2D eigenvalue weighted by atomic mass is 9.49. The van der Waals surface area contributed by atoms with E-state index in [0.29, 0.717) is 12.5 Å². The topological polar surface area (TPSA) is 58.6 Å². The first kappa shape index (κ1) is 17.0. The van der Waals surface area contributed by atoms with Crippen molar-refractivity contribution >= 4 is 11.8 Å². The van der Waals surface area contributed by atoms with E-state index in [-0.39, 0.29) is 23.5 Å². The van der Waals surface area contributed by atoms with Gasteiger partial charge in [0, 0.05) is 25.7 Å². The van der Waals surface area contributed by atoms with Crippen molar-refractivity contribution in [1.29, 1.82) is 0 Å². The molecule has 2 amide bonds. The van der Waals surface area contributed by atoms with Crippen molar-refractivity contribution in [2.45, 2.75) is 76.4 Å². The molecule has 0 aromatic heterocycles. The van der Waals surface area contributed by atoms with Crippen molar-refractivity contribution in [2.75, 3.05) is 19.7 Å². The number of carbonyl (C=O) groups is 2. The second-order valence-electron chi connectivity index (χ2n) is 9.77. The smallest absolute Gasteiger partial charge is 0.249 e. The standard InChI is InChI=1S/C21H32N2O3/c24-19(18-2-1-7-26-18)22-17-3-5-23(6-4-17)20(25)21-11-14-8-15(12-21)10-16(9-14)13-21/h14-18H,1-13H2,(H,22,24). The molecule has 0 aromatic rings. The third kappa shape index (κ3) is 2.96. The Bertz CT molecular complexity index is 541. The number of carbonyl (C=O) groups excluding carboxylic acids is 2. The van der Waals surface area contributed by atoms with Gasteiger partial charge in [-0.1, -0.05) is 0 Å². The summed E-state index contributed by atoms with van der Waals surface area (Å²) in [4.78, 5) is 27.8. The largest absolute Gasteiger partial charge is 0.368 e. The van der Waals surface area contributed by atoms with Gasteiger partial charge in [0.25, 0.3) is 0 Å². The van der Waals surface area contributed by atoms with Crippen LogP contribution in [0.3, 0.4) is 0 Å². The van der Waals surface area contributed by atoms with Crippen LogP contribution < -0.4 is 5.32 Å². The quantitative estimate of drug-likeness (QED) is 0.841. The maximum atomic E-state index is 13.4. The Kier molecular flexibility index (Phi) is 4.26. The number of rotatable bonds is 3. The van der Waals surface area contributed by atoms with Gasteiger partial charge in [-0.2, -0.15) is 0 Å². The minimum absolute atomic E-state index is 0.0253. The molecular weight excluding hydrogens is 328 g/mol. The monoisotopic (exact) mass is 360 g/mol. The van der Waals surface area contributed by atoms with Crippen LogP contribution in [0.25, 0.3) is 0 Å². The van der Waals surface area contributed by atoms with Crippen molar-refractivity contribution in [3.05, 3.63) is 0 Å². The summed E-state index contributed by atoms with van der Waals surface area (Å²) in [5.41, 5.74) is -0.0253. The molecule has 1 N–H and O–H groups in total. The zero-order valence-electron chi connectivity index (χ0n) is 15.8. The number of amides is 2. The fourth-order valence-electron chi connectivity index (χ4n) is 7.01. The van der Waals surface area contributed by atoms with Crippen molar-refractivity contribution in [2.24, 2.45) is 23.2 Å². The zero-order valence-corrected chi connectivity index (χ0v) is 15.8. The van der Waals surface area contributed by atoms with E-state index in [1.807, 2.05) is 0 Å². The summed E-state index contributed by atoms with van der Waals surface area (Å²) < 4.78 is 5.48. The maximum absolute atomic E-state index is 13.4. The molecule has 2 saturated heterocycles. The van der Waals surface area contributed by atoms with Crippen LogP contribution in [0.15, 0.2) is 0 Å². The Morgan fingerprint density at radius 2 is 1.54 bits per heavy atom. The SMILES string of the molecule is O=C(NC1CCN(C(=O)C23CC4CC(CC(C4)C2)C3)CC1)C1CCCO1. The summed E-state index contributed by atoms with van der Waals surface area (Å²) in [6, 6.07) is 0.201. The van der Waals surface area contributed by atoms with Crippen molar-refractivity contribution in [3.8, 4) is 0 Å². The van der Waals surface area contributed by atoms with Crippen LogP contribution >= 0.6 is 0 Å². The predicted octanol–water partition coefficient (Wildman–Crippen LogP) is 2.49. The van der Waals surface area contributed by atoms with Crippen LogP contribution in [0.5, 0.6) is 0 Å². The van der Waals surface area contributed by atoms with Crippen LogP contribution in [-0.2, 0) is 14.3 Å². The fourth-order valence-corrected chi connectivity index (χ4v) is 7.01. The van der Waals surface area contributed by atoms with Crippen LogP contribution in [0.2, 0.25) is 0 Å². The molecule has 0 spiro atoms. The highest BCUT2D eigenvalue weighted by molar-refractivity contribution is 5.84. The zero-order chi connectivity index (χ0) is 17.7. The van der Waals surface area contributed by atoms with E-state index in [2.05, 4.69) is 10.2 Å². The average molecular weight is 360 g/mol. The Morgan fingerprint density at radius 3 is 2.08 bits per heavy atom. The summed E-state index contributed by atoms with van der Waals surface area (Å²) >= 11 is 0. The highest BCUT2D eigenvalue weighted by atomic mass is 16.5. The van der Waals surface area contributed by atoms with Crippen LogP contribution in [-0.4, -0.2) is 48.6 Å². The first-order valence-corrected chi connectivity index (χ1v) is 10.8. The molecular formula is C21H32N2O3. The molecule has 6 aliphatic rings. The molecule has 1 unspecified atom stereocenters. The molecule has 26 heavy (non-hydrogen) atoms.